The maximum absolute atomic E-state index is 13.2. The molecule has 0 bridgehead atoms. The van der Waals surface area contributed by atoms with Gasteiger partial charge < -0.3 is 4.74 Å². The van der Waals surface area contributed by atoms with E-state index in [2.05, 4.69) is 18.9 Å². The number of thioether (sulfide) groups is 1. The van der Waals surface area contributed by atoms with Crippen LogP contribution in [-0.4, -0.2) is 19.0 Å². The maximum Gasteiger partial charge on any atom is 0.145 e. The molecular formula is C26H39FO2S. The second kappa shape index (κ2) is 13.8. The van der Waals surface area contributed by atoms with Crippen molar-refractivity contribution in [2.24, 2.45) is 5.41 Å². The van der Waals surface area contributed by atoms with E-state index in [1.54, 1.807) is 23.9 Å². The van der Waals surface area contributed by atoms with Crippen LogP contribution < -0.4 is 0 Å². The predicted molar refractivity (Wildman–Crippen MR) is 128 cm³/mol. The van der Waals surface area contributed by atoms with Crippen molar-refractivity contribution in [3.63, 3.8) is 0 Å². The molecule has 0 aliphatic carbocycles. The normalized spacial score (nSPS) is 16.1. The molecule has 2 rings (SSSR count). The summed E-state index contributed by atoms with van der Waals surface area (Å²) in [4.78, 5) is 13.8. The molecule has 0 aromatic heterocycles. The highest BCUT2D eigenvalue weighted by atomic mass is 32.2. The van der Waals surface area contributed by atoms with Crippen molar-refractivity contribution in [1.29, 1.82) is 0 Å². The number of hydrogen-bond acceptors (Lipinski definition) is 3. The number of allylic oxidation sites excluding steroid dienone is 2. The van der Waals surface area contributed by atoms with Crippen molar-refractivity contribution in [1.82, 2.24) is 0 Å². The second-order valence-corrected chi connectivity index (χ2v) is 10.2. The Balaban J connectivity index is 0.000000539. The molecule has 1 aliphatic rings. The first-order valence-electron chi connectivity index (χ1n) is 11.0. The van der Waals surface area contributed by atoms with Gasteiger partial charge in [-0.1, -0.05) is 57.9 Å². The van der Waals surface area contributed by atoms with Gasteiger partial charge in [-0.2, -0.15) is 0 Å². The van der Waals surface area contributed by atoms with Gasteiger partial charge in [-0.05, 0) is 67.5 Å². The van der Waals surface area contributed by atoms with Gasteiger partial charge in [0.25, 0.3) is 0 Å². The van der Waals surface area contributed by atoms with E-state index in [-0.39, 0.29) is 17.5 Å². The zero-order valence-corrected chi connectivity index (χ0v) is 20.2. The highest BCUT2D eigenvalue weighted by Crippen LogP contribution is 2.32. The maximum atomic E-state index is 13.2. The average molecular weight is 435 g/mol. The molecule has 0 radical (unpaired) electrons. The molecule has 1 fully saturated rings. The molecule has 1 saturated heterocycles. The Morgan fingerprint density at radius 1 is 1.13 bits per heavy atom. The van der Waals surface area contributed by atoms with E-state index < -0.39 is 5.41 Å². The van der Waals surface area contributed by atoms with Crippen LogP contribution in [0.5, 0.6) is 0 Å². The third kappa shape index (κ3) is 11.1. The number of carbonyl (C=O) groups excluding carboxylic acids is 1. The Kier molecular flexibility index (Phi) is 12.3. The third-order valence-electron chi connectivity index (χ3n) is 4.94. The van der Waals surface area contributed by atoms with E-state index in [1.165, 1.54) is 43.4 Å². The van der Waals surface area contributed by atoms with E-state index in [9.17, 15) is 9.18 Å². The van der Waals surface area contributed by atoms with Crippen molar-refractivity contribution < 1.29 is 13.9 Å². The molecule has 1 aliphatic heterocycles. The lowest BCUT2D eigenvalue weighted by atomic mass is 9.77. The van der Waals surface area contributed by atoms with Crippen LogP contribution in [0, 0.1) is 11.2 Å². The van der Waals surface area contributed by atoms with Gasteiger partial charge in [0.2, 0.25) is 0 Å². The molecule has 0 N–H and O–H groups in total. The van der Waals surface area contributed by atoms with Gasteiger partial charge in [0.1, 0.15) is 11.6 Å². The molecule has 2 nitrogen and oxygen atoms in total. The molecular weight excluding hydrogens is 395 g/mol. The predicted octanol–water partition coefficient (Wildman–Crippen LogP) is 8.05. The molecule has 1 atom stereocenters. The van der Waals surface area contributed by atoms with E-state index in [0.717, 1.165) is 36.5 Å². The quantitative estimate of drug-likeness (QED) is 0.434. The second-order valence-electron chi connectivity index (χ2n) is 9.07. The van der Waals surface area contributed by atoms with E-state index in [4.69, 9.17) is 4.74 Å². The van der Waals surface area contributed by atoms with Crippen LogP contribution in [0.1, 0.15) is 84.6 Å². The molecule has 0 saturated carbocycles. The summed E-state index contributed by atoms with van der Waals surface area (Å²) in [6.07, 6.45) is 6.88. The Labute approximate surface area is 187 Å². The summed E-state index contributed by atoms with van der Waals surface area (Å²) in [5, 5.41) is 2.09. The van der Waals surface area contributed by atoms with E-state index >= 15 is 0 Å². The highest BCUT2D eigenvalue weighted by molar-refractivity contribution is 8.05. The molecule has 168 valence electrons. The minimum atomic E-state index is -0.414. The Morgan fingerprint density at radius 3 is 2.20 bits per heavy atom. The molecule has 4 heteroatoms. The third-order valence-corrected chi connectivity index (χ3v) is 5.87. The number of Topliss-reactive ketones (excluding diaryl/α,β-unsaturated/α-hetero) is 1. The number of halogens is 1. The standard InChI is InChI=1S/C20H27FOS.C6H12O/c1-14(2)23-13-15(3)7-12-18(19(22)20(4,5)6)16-8-10-17(21)11-9-16;1-2-4-6-7-5-3-1/h8-11,13,18H,1,7,12H2,2-6H3;1-6H2/b15-13+;. The molecule has 0 amide bonds. The fourth-order valence-electron chi connectivity index (χ4n) is 3.16. The molecule has 1 heterocycles. The average Bonchev–Trinajstić information content (AvgIpc) is 3.00. The van der Waals surface area contributed by atoms with E-state index in [1.807, 2.05) is 27.7 Å². The van der Waals surface area contributed by atoms with Crippen molar-refractivity contribution in [2.75, 3.05) is 13.2 Å². The van der Waals surface area contributed by atoms with Gasteiger partial charge in [-0.15, -0.1) is 11.8 Å². The number of rotatable bonds is 7. The summed E-state index contributed by atoms with van der Waals surface area (Å²) in [5.74, 6) is -0.275. The molecule has 1 unspecified atom stereocenters. The highest BCUT2D eigenvalue weighted by Gasteiger charge is 2.30. The van der Waals surface area contributed by atoms with Crippen molar-refractivity contribution in [2.45, 2.75) is 79.1 Å². The number of carbonyl (C=O) groups is 1. The fraction of sp³-hybridized carbons (Fsp3) is 0.577. The number of hydrogen-bond donors (Lipinski definition) is 0. The van der Waals surface area contributed by atoms with Gasteiger partial charge in [0, 0.05) is 24.5 Å². The first-order valence-corrected chi connectivity index (χ1v) is 11.8. The van der Waals surface area contributed by atoms with Crippen LogP contribution in [0.4, 0.5) is 4.39 Å². The van der Waals surface area contributed by atoms with Crippen LogP contribution >= 0.6 is 11.8 Å². The topological polar surface area (TPSA) is 26.3 Å². The summed E-state index contributed by atoms with van der Waals surface area (Å²) < 4.78 is 18.4. The molecule has 0 spiro atoms. The summed E-state index contributed by atoms with van der Waals surface area (Å²) in [7, 11) is 0. The van der Waals surface area contributed by atoms with Gasteiger partial charge in [0.15, 0.2) is 0 Å². The Morgan fingerprint density at radius 2 is 1.70 bits per heavy atom. The lowest BCUT2D eigenvalue weighted by molar-refractivity contribution is -0.128. The van der Waals surface area contributed by atoms with Crippen LogP contribution in [0.2, 0.25) is 0 Å². The smallest absolute Gasteiger partial charge is 0.145 e. The van der Waals surface area contributed by atoms with Crippen molar-refractivity contribution in [3.05, 3.63) is 58.1 Å². The zero-order valence-electron chi connectivity index (χ0n) is 19.4. The Bertz CT molecular complexity index is 666. The zero-order chi connectivity index (χ0) is 22.6. The number of ether oxygens (including phenoxy) is 1. The van der Waals surface area contributed by atoms with Gasteiger partial charge in [-0.3, -0.25) is 4.79 Å². The monoisotopic (exact) mass is 434 g/mol. The van der Waals surface area contributed by atoms with Gasteiger partial charge in [0.05, 0.1) is 0 Å². The summed E-state index contributed by atoms with van der Waals surface area (Å²) >= 11 is 1.61. The minimum absolute atomic E-state index is 0.199. The Hall–Kier alpha value is -1.39. The first kappa shape index (κ1) is 26.6. The number of benzene rings is 1. The van der Waals surface area contributed by atoms with Crippen LogP contribution in [0.3, 0.4) is 0 Å². The number of ketones is 1. The van der Waals surface area contributed by atoms with Crippen molar-refractivity contribution in [3.8, 4) is 0 Å². The first-order chi connectivity index (χ1) is 14.1. The van der Waals surface area contributed by atoms with Crippen LogP contribution in [0.15, 0.2) is 46.7 Å². The molecule has 1 aromatic carbocycles. The summed E-state index contributed by atoms with van der Waals surface area (Å²) in [6.45, 7) is 15.7. The van der Waals surface area contributed by atoms with E-state index in [0.29, 0.717) is 0 Å². The van der Waals surface area contributed by atoms with Crippen molar-refractivity contribution >= 4 is 17.5 Å². The summed E-state index contributed by atoms with van der Waals surface area (Å²) in [5.41, 5.74) is 1.71. The fourth-order valence-corrected chi connectivity index (χ4v) is 3.68. The molecule has 30 heavy (non-hydrogen) atoms. The lowest BCUT2D eigenvalue weighted by Crippen LogP contribution is -2.27. The van der Waals surface area contributed by atoms with Crippen LogP contribution in [0.25, 0.3) is 0 Å². The largest absolute Gasteiger partial charge is 0.381 e. The SMILES string of the molecule is C1CCCOCC1.C=C(C)S/C=C(\C)CCC(C(=O)C(C)(C)C)c1ccc(F)cc1. The van der Waals surface area contributed by atoms with Crippen LogP contribution in [-0.2, 0) is 9.53 Å². The minimum Gasteiger partial charge on any atom is -0.381 e. The lowest BCUT2D eigenvalue weighted by Gasteiger charge is -2.25. The summed E-state index contributed by atoms with van der Waals surface area (Å²) in [6, 6.07) is 6.31. The molecule has 1 aromatic rings. The van der Waals surface area contributed by atoms with Gasteiger partial charge in [-0.25, -0.2) is 4.39 Å². The van der Waals surface area contributed by atoms with Gasteiger partial charge >= 0.3 is 0 Å².